The molecule has 0 bridgehead atoms. The van der Waals surface area contributed by atoms with Gasteiger partial charge in [-0.2, -0.15) is 5.26 Å². The van der Waals surface area contributed by atoms with Crippen LogP contribution < -0.4 is 5.32 Å². The number of nitrogens with one attached hydrogen (secondary N) is 1. The Morgan fingerprint density at radius 2 is 2.04 bits per heavy atom. The van der Waals surface area contributed by atoms with E-state index in [0.717, 1.165) is 12.1 Å². The maximum absolute atomic E-state index is 13.0. The van der Waals surface area contributed by atoms with E-state index in [1.807, 2.05) is 6.07 Å². The fourth-order valence-corrected chi connectivity index (χ4v) is 2.36. The minimum absolute atomic E-state index is 0.113. The average Bonchev–Trinajstić information content (AvgIpc) is 2.54. The monoisotopic (exact) mass is 390 g/mol. The maximum atomic E-state index is 13.0. The van der Waals surface area contributed by atoms with Crippen molar-refractivity contribution >= 4 is 33.5 Å². The number of carbonyl (C=O) groups is 2. The van der Waals surface area contributed by atoms with Crippen LogP contribution in [0.25, 0.3) is 0 Å². The molecule has 1 unspecified atom stereocenters. The molecule has 0 spiro atoms. The molecule has 2 aromatic carbocycles. The van der Waals surface area contributed by atoms with Gasteiger partial charge in [0, 0.05) is 10.2 Å². The summed E-state index contributed by atoms with van der Waals surface area (Å²) >= 11 is 3.07. The Kier molecular flexibility index (Phi) is 5.66. The highest BCUT2D eigenvalue weighted by Gasteiger charge is 2.20. The van der Waals surface area contributed by atoms with Crippen LogP contribution in [0.2, 0.25) is 0 Å². The van der Waals surface area contributed by atoms with E-state index in [1.165, 1.54) is 19.1 Å². The van der Waals surface area contributed by atoms with Crippen LogP contribution in [-0.2, 0) is 9.53 Å². The molecule has 0 saturated carbocycles. The molecule has 24 heavy (non-hydrogen) atoms. The van der Waals surface area contributed by atoms with Gasteiger partial charge in [0.15, 0.2) is 6.10 Å². The second kappa shape index (κ2) is 7.70. The summed E-state index contributed by atoms with van der Waals surface area (Å²) in [5.74, 6) is -1.80. The summed E-state index contributed by atoms with van der Waals surface area (Å²) in [7, 11) is 0. The number of hydrogen-bond acceptors (Lipinski definition) is 4. The lowest BCUT2D eigenvalue weighted by Crippen LogP contribution is -2.30. The summed E-state index contributed by atoms with van der Waals surface area (Å²) in [5.41, 5.74) is 0.931. The smallest absolute Gasteiger partial charge is 0.340 e. The normalized spacial score (nSPS) is 11.2. The summed E-state index contributed by atoms with van der Waals surface area (Å²) in [6.45, 7) is 1.42. The van der Waals surface area contributed by atoms with Crippen LogP contribution in [0.4, 0.5) is 10.1 Å². The number of ether oxygens (including phenoxy) is 1. The lowest BCUT2D eigenvalue weighted by molar-refractivity contribution is -0.123. The molecule has 0 aromatic heterocycles. The quantitative estimate of drug-likeness (QED) is 0.808. The predicted octanol–water partition coefficient (Wildman–Crippen LogP) is 3.64. The van der Waals surface area contributed by atoms with Crippen molar-refractivity contribution in [2.24, 2.45) is 0 Å². The maximum Gasteiger partial charge on any atom is 0.340 e. The standard InChI is InChI=1S/C17H12BrFN2O3/c1-10(16(22)21-13-4-2-3-11(7-13)9-20)24-17(23)14-6-5-12(19)8-15(14)18/h2-8,10H,1H3,(H,21,22). The van der Waals surface area contributed by atoms with E-state index >= 15 is 0 Å². The third-order valence-corrected chi connectivity index (χ3v) is 3.72. The van der Waals surface area contributed by atoms with Crippen LogP contribution >= 0.6 is 15.9 Å². The van der Waals surface area contributed by atoms with Gasteiger partial charge in [-0.25, -0.2) is 9.18 Å². The van der Waals surface area contributed by atoms with E-state index in [1.54, 1.807) is 18.2 Å². The zero-order valence-corrected chi connectivity index (χ0v) is 14.1. The number of rotatable bonds is 4. The molecule has 0 radical (unpaired) electrons. The predicted molar refractivity (Wildman–Crippen MR) is 88.8 cm³/mol. The van der Waals surface area contributed by atoms with Gasteiger partial charge < -0.3 is 10.1 Å². The SMILES string of the molecule is CC(OC(=O)c1ccc(F)cc1Br)C(=O)Nc1cccc(C#N)c1. The highest BCUT2D eigenvalue weighted by molar-refractivity contribution is 9.10. The molecule has 1 atom stereocenters. The first-order valence-corrected chi connectivity index (χ1v) is 7.67. The number of nitrogens with zero attached hydrogens (tertiary/aromatic N) is 1. The van der Waals surface area contributed by atoms with Crippen molar-refractivity contribution in [3.63, 3.8) is 0 Å². The van der Waals surface area contributed by atoms with Crippen molar-refractivity contribution in [3.05, 3.63) is 63.9 Å². The fourth-order valence-electron chi connectivity index (χ4n) is 1.84. The van der Waals surface area contributed by atoms with Crippen LogP contribution in [0.5, 0.6) is 0 Å². The van der Waals surface area contributed by atoms with Gasteiger partial charge in [0.25, 0.3) is 5.91 Å². The second-order valence-electron chi connectivity index (χ2n) is 4.85. The van der Waals surface area contributed by atoms with Crippen LogP contribution in [0.15, 0.2) is 46.9 Å². The first kappa shape index (κ1) is 17.6. The van der Waals surface area contributed by atoms with E-state index in [4.69, 9.17) is 10.00 Å². The number of hydrogen-bond donors (Lipinski definition) is 1. The summed E-state index contributed by atoms with van der Waals surface area (Å²) in [5, 5.41) is 11.4. The van der Waals surface area contributed by atoms with Crippen molar-refractivity contribution in [1.29, 1.82) is 5.26 Å². The Morgan fingerprint density at radius 3 is 2.71 bits per heavy atom. The molecule has 5 nitrogen and oxygen atoms in total. The molecule has 0 aliphatic rings. The van der Waals surface area contributed by atoms with Crippen LogP contribution in [0.1, 0.15) is 22.8 Å². The second-order valence-corrected chi connectivity index (χ2v) is 5.71. The minimum atomic E-state index is -1.07. The fraction of sp³-hybridized carbons (Fsp3) is 0.118. The molecule has 122 valence electrons. The first-order chi connectivity index (χ1) is 11.4. The van der Waals surface area contributed by atoms with E-state index in [-0.39, 0.29) is 10.0 Å². The highest BCUT2D eigenvalue weighted by Crippen LogP contribution is 2.19. The van der Waals surface area contributed by atoms with Gasteiger partial charge in [-0.1, -0.05) is 6.07 Å². The number of anilines is 1. The van der Waals surface area contributed by atoms with Crippen molar-refractivity contribution < 1.29 is 18.7 Å². The summed E-state index contributed by atoms with van der Waals surface area (Å²) < 4.78 is 18.4. The highest BCUT2D eigenvalue weighted by atomic mass is 79.9. The topological polar surface area (TPSA) is 79.2 Å². The molecule has 1 N–H and O–H groups in total. The number of carbonyl (C=O) groups excluding carboxylic acids is 2. The number of halogens is 2. The lowest BCUT2D eigenvalue weighted by atomic mass is 10.2. The summed E-state index contributed by atoms with van der Waals surface area (Å²) in [4.78, 5) is 24.1. The Bertz CT molecular complexity index is 833. The van der Waals surface area contributed by atoms with Gasteiger partial charge in [-0.3, -0.25) is 4.79 Å². The molecular weight excluding hydrogens is 379 g/mol. The lowest BCUT2D eigenvalue weighted by Gasteiger charge is -2.14. The van der Waals surface area contributed by atoms with Crippen LogP contribution in [-0.4, -0.2) is 18.0 Å². The number of benzene rings is 2. The number of esters is 1. The Morgan fingerprint density at radius 1 is 1.29 bits per heavy atom. The largest absolute Gasteiger partial charge is 0.449 e. The van der Waals surface area contributed by atoms with E-state index in [2.05, 4.69) is 21.2 Å². The minimum Gasteiger partial charge on any atom is -0.449 e. The number of nitriles is 1. The molecule has 0 aliphatic carbocycles. The molecule has 0 fully saturated rings. The van der Waals surface area contributed by atoms with Gasteiger partial charge >= 0.3 is 5.97 Å². The zero-order valence-electron chi connectivity index (χ0n) is 12.5. The molecule has 1 amide bonds. The Hall–Kier alpha value is -2.72. The van der Waals surface area contributed by atoms with Gasteiger partial charge in [-0.05, 0) is 59.3 Å². The molecule has 0 heterocycles. The first-order valence-electron chi connectivity index (χ1n) is 6.88. The third-order valence-electron chi connectivity index (χ3n) is 3.06. The molecule has 0 aliphatic heterocycles. The van der Waals surface area contributed by atoms with Crippen molar-refractivity contribution in [2.45, 2.75) is 13.0 Å². The third kappa shape index (κ3) is 4.40. The molecule has 7 heteroatoms. The van der Waals surface area contributed by atoms with Gasteiger partial charge in [0.2, 0.25) is 0 Å². The van der Waals surface area contributed by atoms with Gasteiger partial charge in [-0.15, -0.1) is 0 Å². The van der Waals surface area contributed by atoms with Crippen LogP contribution in [0.3, 0.4) is 0 Å². The number of amides is 1. The van der Waals surface area contributed by atoms with E-state index in [0.29, 0.717) is 11.3 Å². The van der Waals surface area contributed by atoms with Gasteiger partial charge in [0.1, 0.15) is 5.82 Å². The molecule has 2 aromatic rings. The Labute approximate surface area is 146 Å². The average molecular weight is 391 g/mol. The molecule has 0 saturated heterocycles. The van der Waals surface area contributed by atoms with E-state index in [9.17, 15) is 14.0 Å². The van der Waals surface area contributed by atoms with Crippen molar-refractivity contribution in [1.82, 2.24) is 0 Å². The molecule has 2 rings (SSSR count). The van der Waals surface area contributed by atoms with Crippen molar-refractivity contribution in [3.8, 4) is 6.07 Å². The Balaban J connectivity index is 2.03. The van der Waals surface area contributed by atoms with E-state index < -0.39 is 23.8 Å². The molecular formula is C17H12BrFN2O3. The van der Waals surface area contributed by atoms with Crippen molar-refractivity contribution in [2.75, 3.05) is 5.32 Å². The van der Waals surface area contributed by atoms with Crippen LogP contribution in [0, 0.1) is 17.1 Å². The zero-order chi connectivity index (χ0) is 17.7. The summed E-state index contributed by atoms with van der Waals surface area (Å²) in [6, 6.07) is 11.8. The summed E-state index contributed by atoms with van der Waals surface area (Å²) in [6.07, 6.45) is -1.07. The van der Waals surface area contributed by atoms with Gasteiger partial charge in [0.05, 0.1) is 17.2 Å².